The molecular formula is C19H24N2O3. The number of fused-ring (bicyclic) bond motifs is 1. The summed E-state index contributed by atoms with van der Waals surface area (Å²) in [5.74, 6) is -0.116. The predicted octanol–water partition coefficient (Wildman–Crippen LogP) is 3.07. The number of carbonyl (C=O) groups is 2. The summed E-state index contributed by atoms with van der Waals surface area (Å²) in [6, 6.07) is 7.80. The molecule has 24 heavy (non-hydrogen) atoms. The van der Waals surface area contributed by atoms with Gasteiger partial charge in [-0.25, -0.2) is 4.79 Å². The van der Waals surface area contributed by atoms with Crippen molar-refractivity contribution in [1.82, 2.24) is 9.47 Å². The molecule has 2 heterocycles. The SMILES string of the molecule is CCC(=O)N1CCC(Cc2cccc3cc(C(=O)O)n(C)c23)CC1. The molecule has 1 fully saturated rings. The average Bonchev–Trinajstić information content (AvgIpc) is 2.93. The van der Waals surface area contributed by atoms with Gasteiger partial charge in [-0.1, -0.05) is 25.1 Å². The predicted molar refractivity (Wildman–Crippen MR) is 93.2 cm³/mol. The lowest BCUT2D eigenvalue weighted by Gasteiger charge is -2.32. The number of carboxylic acid groups (broad SMARTS) is 1. The van der Waals surface area contributed by atoms with Crippen molar-refractivity contribution in [2.75, 3.05) is 13.1 Å². The van der Waals surface area contributed by atoms with Gasteiger partial charge in [-0.2, -0.15) is 0 Å². The normalized spacial score (nSPS) is 15.8. The van der Waals surface area contributed by atoms with Crippen LogP contribution in [0, 0.1) is 5.92 Å². The summed E-state index contributed by atoms with van der Waals surface area (Å²) in [4.78, 5) is 25.1. The van der Waals surface area contributed by atoms with Crippen LogP contribution in [-0.4, -0.2) is 39.5 Å². The standard InChI is InChI=1S/C19H24N2O3/c1-3-17(22)21-9-7-13(8-10-21)11-14-5-4-6-15-12-16(19(23)24)20(2)18(14)15/h4-6,12-13H,3,7-11H2,1-2H3,(H,23,24). The average molecular weight is 328 g/mol. The van der Waals surface area contributed by atoms with Gasteiger partial charge in [-0.15, -0.1) is 0 Å². The summed E-state index contributed by atoms with van der Waals surface area (Å²) in [5, 5.41) is 10.3. The number of nitrogens with zero attached hydrogens (tertiary/aromatic N) is 2. The van der Waals surface area contributed by atoms with E-state index in [-0.39, 0.29) is 5.91 Å². The number of hydrogen-bond donors (Lipinski definition) is 1. The highest BCUT2D eigenvalue weighted by Crippen LogP contribution is 2.28. The number of hydrogen-bond acceptors (Lipinski definition) is 2. The van der Waals surface area contributed by atoms with Gasteiger partial charge in [-0.3, -0.25) is 4.79 Å². The zero-order chi connectivity index (χ0) is 17.3. The number of piperidine rings is 1. The van der Waals surface area contributed by atoms with Gasteiger partial charge in [0.2, 0.25) is 5.91 Å². The maximum Gasteiger partial charge on any atom is 0.352 e. The van der Waals surface area contributed by atoms with Gasteiger partial charge in [0.05, 0.1) is 5.52 Å². The van der Waals surface area contributed by atoms with Crippen molar-refractivity contribution < 1.29 is 14.7 Å². The van der Waals surface area contributed by atoms with Gasteiger partial charge in [0.1, 0.15) is 5.69 Å². The Hall–Kier alpha value is -2.30. The number of likely N-dealkylation sites (tertiary alicyclic amines) is 1. The molecule has 1 aromatic carbocycles. The molecule has 1 N–H and O–H groups in total. The van der Waals surface area contributed by atoms with E-state index in [0.29, 0.717) is 18.0 Å². The number of carbonyl (C=O) groups excluding carboxylic acids is 1. The number of aromatic carboxylic acids is 1. The molecule has 0 unspecified atom stereocenters. The smallest absolute Gasteiger partial charge is 0.352 e. The molecule has 3 rings (SSSR count). The Balaban J connectivity index is 1.79. The van der Waals surface area contributed by atoms with Crippen molar-refractivity contribution in [3.8, 4) is 0 Å². The van der Waals surface area contributed by atoms with Crippen LogP contribution in [0.3, 0.4) is 0 Å². The van der Waals surface area contributed by atoms with E-state index in [2.05, 4.69) is 6.07 Å². The largest absolute Gasteiger partial charge is 0.477 e. The lowest BCUT2D eigenvalue weighted by atomic mass is 9.89. The highest BCUT2D eigenvalue weighted by molar-refractivity contribution is 5.95. The summed E-state index contributed by atoms with van der Waals surface area (Å²) in [5.41, 5.74) is 2.53. The lowest BCUT2D eigenvalue weighted by Crippen LogP contribution is -2.38. The van der Waals surface area contributed by atoms with Crippen molar-refractivity contribution in [3.05, 3.63) is 35.5 Å². The van der Waals surface area contributed by atoms with E-state index in [0.717, 1.165) is 43.3 Å². The fourth-order valence-electron chi connectivity index (χ4n) is 3.79. The molecule has 0 aliphatic carbocycles. The molecule has 2 aromatic rings. The van der Waals surface area contributed by atoms with Crippen LogP contribution < -0.4 is 0 Å². The number of benzene rings is 1. The molecule has 1 aliphatic rings. The fourth-order valence-corrected chi connectivity index (χ4v) is 3.79. The molecular weight excluding hydrogens is 304 g/mol. The molecule has 0 saturated carbocycles. The van der Waals surface area contributed by atoms with E-state index in [1.165, 1.54) is 5.56 Å². The number of para-hydroxylation sites is 1. The number of aryl methyl sites for hydroxylation is 1. The van der Waals surface area contributed by atoms with Gasteiger partial charge >= 0.3 is 5.97 Å². The second-order valence-corrected chi connectivity index (χ2v) is 6.63. The van der Waals surface area contributed by atoms with Crippen molar-refractivity contribution in [1.29, 1.82) is 0 Å². The number of rotatable bonds is 4. The van der Waals surface area contributed by atoms with E-state index in [1.54, 1.807) is 10.6 Å². The summed E-state index contributed by atoms with van der Waals surface area (Å²) >= 11 is 0. The molecule has 0 spiro atoms. The molecule has 0 radical (unpaired) electrons. The maximum atomic E-state index is 11.8. The van der Waals surface area contributed by atoms with Crippen LogP contribution in [0.25, 0.3) is 10.9 Å². The number of carboxylic acids is 1. The minimum atomic E-state index is -0.897. The third-order valence-corrected chi connectivity index (χ3v) is 5.14. The first kappa shape index (κ1) is 16.6. The zero-order valence-electron chi connectivity index (χ0n) is 14.3. The Morgan fingerprint density at radius 2 is 1.96 bits per heavy atom. The zero-order valence-corrected chi connectivity index (χ0v) is 14.3. The van der Waals surface area contributed by atoms with Crippen LogP contribution in [0.15, 0.2) is 24.3 Å². The monoisotopic (exact) mass is 328 g/mol. The van der Waals surface area contributed by atoms with Crippen molar-refractivity contribution in [2.45, 2.75) is 32.6 Å². The molecule has 128 valence electrons. The molecule has 0 bridgehead atoms. The minimum absolute atomic E-state index is 0.240. The molecule has 1 aliphatic heterocycles. The van der Waals surface area contributed by atoms with Gasteiger partial charge in [-0.05, 0) is 36.8 Å². The topological polar surface area (TPSA) is 62.5 Å². The first-order valence-electron chi connectivity index (χ1n) is 8.59. The van der Waals surface area contributed by atoms with Gasteiger partial charge in [0.15, 0.2) is 0 Å². The highest BCUT2D eigenvalue weighted by atomic mass is 16.4. The van der Waals surface area contributed by atoms with Gasteiger partial charge < -0.3 is 14.6 Å². The summed E-state index contributed by atoms with van der Waals surface area (Å²) in [6.45, 7) is 3.58. The Morgan fingerprint density at radius 1 is 1.25 bits per heavy atom. The minimum Gasteiger partial charge on any atom is -0.477 e. The second-order valence-electron chi connectivity index (χ2n) is 6.63. The van der Waals surface area contributed by atoms with E-state index < -0.39 is 5.97 Å². The lowest BCUT2D eigenvalue weighted by molar-refractivity contribution is -0.132. The Morgan fingerprint density at radius 3 is 2.58 bits per heavy atom. The van der Waals surface area contributed by atoms with Crippen LogP contribution >= 0.6 is 0 Å². The van der Waals surface area contributed by atoms with E-state index in [1.807, 2.05) is 31.0 Å². The first-order chi connectivity index (χ1) is 11.5. The third kappa shape index (κ3) is 3.03. The number of aromatic nitrogens is 1. The molecule has 5 nitrogen and oxygen atoms in total. The van der Waals surface area contributed by atoms with Crippen molar-refractivity contribution >= 4 is 22.8 Å². The molecule has 1 saturated heterocycles. The summed E-state index contributed by atoms with van der Waals surface area (Å²) in [7, 11) is 1.82. The third-order valence-electron chi connectivity index (χ3n) is 5.14. The maximum absolute atomic E-state index is 11.8. The Labute approximate surface area is 141 Å². The van der Waals surface area contributed by atoms with Crippen LogP contribution in [0.1, 0.15) is 42.2 Å². The van der Waals surface area contributed by atoms with Crippen molar-refractivity contribution in [3.63, 3.8) is 0 Å². The second kappa shape index (κ2) is 6.67. The van der Waals surface area contributed by atoms with Gasteiger partial charge in [0.25, 0.3) is 0 Å². The van der Waals surface area contributed by atoms with Crippen LogP contribution in [0.4, 0.5) is 0 Å². The highest BCUT2D eigenvalue weighted by Gasteiger charge is 2.23. The molecule has 0 atom stereocenters. The van der Waals surface area contributed by atoms with Crippen LogP contribution in [0.2, 0.25) is 0 Å². The summed E-state index contributed by atoms with van der Waals surface area (Å²) < 4.78 is 1.78. The van der Waals surface area contributed by atoms with Gasteiger partial charge in [0, 0.05) is 31.9 Å². The van der Waals surface area contributed by atoms with E-state index in [9.17, 15) is 14.7 Å². The van der Waals surface area contributed by atoms with Crippen molar-refractivity contribution in [2.24, 2.45) is 13.0 Å². The number of amides is 1. The van der Waals surface area contributed by atoms with Crippen LogP contribution in [0.5, 0.6) is 0 Å². The molecule has 1 amide bonds. The quantitative estimate of drug-likeness (QED) is 0.938. The Kier molecular flexibility index (Phi) is 4.60. The molecule has 1 aromatic heterocycles. The van der Waals surface area contributed by atoms with E-state index in [4.69, 9.17) is 0 Å². The fraction of sp³-hybridized carbons (Fsp3) is 0.474. The van der Waals surface area contributed by atoms with E-state index >= 15 is 0 Å². The molecule has 5 heteroatoms. The summed E-state index contributed by atoms with van der Waals surface area (Å²) in [6.07, 6.45) is 3.53. The van der Waals surface area contributed by atoms with Crippen LogP contribution in [-0.2, 0) is 18.3 Å². The first-order valence-corrected chi connectivity index (χ1v) is 8.59. The Bertz CT molecular complexity index is 770.